The average Bonchev–Trinajstić information content (AvgIpc) is 2.72. The van der Waals surface area contributed by atoms with Crippen LogP contribution in [0, 0.1) is 13.8 Å². The first-order valence-electron chi connectivity index (χ1n) is 5.83. The summed E-state index contributed by atoms with van der Waals surface area (Å²) in [6.45, 7) is 6.15. The molecule has 1 heterocycles. The summed E-state index contributed by atoms with van der Waals surface area (Å²) < 4.78 is 6.79. The molecule has 0 aliphatic rings. The first-order chi connectivity index (χ1) is 8.61. The molecule has 0 amide bonds. The normalized spacial score (nSPS) is 10.4. The van der Waals surface area contributed by atoms with Gasteiger partial charge < -0.3 is 0 Å². The van der Waals surface area contributed by atoms with Crippen LogP contribution in [-0.4, -0.2) is 32.1 Å². The molecule has 3 nitrogen and oxygen atoms in total. The molecular formula is C14H15NO2Se. The minimum absolute atomic E-state index is 0.0515. The molecule has 4 heteroatoms. The van der Waals surface area contributed by atoms with Gasteiger partial charge in [-0.05, 0) is 0 Å². The molecule has 2 rings (SSSR count). The number of esters is 1. The third-order valence-corrected chi connectivity index (χ3v) is 5.01. The van der Waals surface area contributed by atoms with Crippen molar-refractivity contribution >= 4 is 20.5 Å². The van der Waals surface area contributed by atoms with E-state index in [-0.39, 0.29) is 20.5 Å². The van der Waals surface area contributed by atoms with Gasteiger partial charge in [-0.15, -0.1) is 0 Å². The van der Waals surface area contributed by atoms with Gasteiger partial charge >= 0.3 is 112 Å². The minimum atomic E-state index is -0.221. The molecule has 0 saturated heterocycles. The van der Waals surface area contributed by atoms with E-state index in [2.05, 4.69) is 24.0 Å². The Morgan fingerprint density at radius 3 is 2.83 bits per heavy atom. The van der Waals surface area contributed by atoms with Crippen LogP contribution in [0.2, 0.25) is 0 Å². The zero-order valence-electron chi connectivity index (χ0n) is 10.7. The number of ether oxygens (including phenoxy) is 1. The van der Waals surface area contributed by atoms with Crippen LogP contribution >= 0.6 is 0 Å². The number of benzene rings is 1. The summed E-state index contributed by atoms with van der Waals surface area (Å²) in [6, 6.07) is 8.20. The topological polar surface area (TPSA) is 39.2 Å². The molecule has 0 aliphatic heterocycles. The van der Waals surface area contributed by atoms with E-state index in [4.69, 9.17) is 4.74 Å². The van der Waals surface area contributed by atoms with Crippen LogP contribution in [0.3, 0.4) is 0 Å². The van der Waals surface area contributed by atoms with Crippen LogP contribution in [0.4, 0.5) is 0 Å². The third kappa shape index (κ3) is 2.71. The molecule has 1 aromatic carbocycles. The zero-order chi connectivity index (χ0) is 13.1. The van der Waals surface area contributed by atoms with E-state index >= 15 is 0 Å². The first-order valence-corrected chi connectivity index (χ1v) is 7.54. The molecule has 94 valence electrons. The fourth-order valence-electron chi connectivity index (χ4n) is 1.68. The van der Waals surface area contributed by atoms with Crippen molar-refractivity contribution in [2.24, 2.45) is 0 Å². The Balaban J connectivity index is 2.37. The predicted octanol–water partition coefficient (Wildman–Crippen LogP) is 2.60. The van der Waals surface area contributed by atoms with Gasteiger partial charge in [0.25, 0.3) is 0 Å². The number of aryl methyl sites for hydroxylation is 2. The van der Waals surface area contributed by atoms with Gasteiger partial charge in [-0.3, -0.25) is 0 Å². The second-order valence-corrected chi connectivity index (χ2v) is 6.12. The van der Waals surface area contributed by atoms with Gasteiger partial charge in [-0.25, -0.2) is 0 Å². The fourth-order valence-corrected chi connectivity index (χ4v) is 3.69. The van der Waals surface area contributed by atoms with Crippen molar-refractivity contribution in [2.75, 3.05) is 6.61 Å². The molecule has 2 aromatic rings. The Morgan fingerprint density at radius 1 is 1.39 bits per heavy atom. The quantitative estimate of drug-likeness (QED) is 0.646. The molecule has 0 saturated carbocycles. The van der Waals surface area contributed by atoms with Crippen molar-refractivity contribution in [1.82, 2.24) is 4.98 Å². The molecule has 0 spiro atoms. The van der Waals surface area contributed by atoms with Crippen LogP contribution in [0.25, 0.3) is 10.1 Å². The summed E-state index contributed by atoms with van der Waals surface area (Å²) in [5, 5.41) is 0. The molecule has 0 fully saturated rings. The van der Waals surface area contributed by atoms with Crippen molar-refractivity contribution in [2.45, 2.75) is 20.8 Å². The van der Waals surface area contributed by atoms with Crippen LogP contribution in [0.15, 0.2) is 24.3 Å². The second kappa shape index (κ2) is 5.51. The maximum absolute atomic E-state index is 11.8. The van der Waals surface area contributed by atoms with E-state index in [1.807, 2.05) is 26.0 Å². The summed E-state index contributed by atoms with van der Waals surface area (Å²) in [6.07, 6.45) is 0. The first kappa shape index (κ1) is 13.1. The summed E-state index contributed by atoms with van der Waals surface area (Å²) in [5.41, 5.74) is 3.10. The van der Waals surface area contributed by atoms with Crippen molar-refractivity contribution < 1.29 is 9.53 Å². The SMILES string of the molecule is CCOC(=O)c1[se]c(-c2cccc(C)c2)nc1C. The number of carbonyl (C=O) groups excluding carboxylic acids is 1. The van der Waals surface area contributed by atoms with Crippen LogP contribution in [0.5, 0.6) is 0 Å². The third-order valence-electron chi connectivity index (χ3n) is 2.52. The Labute approximate surface area is 113 Å². The average molecular weight is 308 g/mol. The monoisotopic (exact) mass is 309 g/mol. The van der Waals surface area contributed by atoms with Crippen LogP contribution in [-0.2, 0) is 4.74 Å². The van der Waals surface area contributed by atoms with Crippen molar-refractivity contribution in [3.63, 3.8) is 0 Å². The summed E-state index contributed by atoms with van der Waals surface area (Å²) >= 11 is -0.0515. The Morgan fingerprint density at radius 2 is 2.17 bits per heavy atom. The molecule has 1 aromatic heterocycles. The van der Waals surface area contributed by atoms with Gasteiger partial charge in [-0.2, -0.15) is 0 Å². The van der Waals surface area contributed by atoms with Crippen molar-refractivity contribution in [3.05, 3.63) is 40.0 Å². The van der Waals surface area contributed by atoms with Crippen LogP contribution < -0.4 is 0 Å². The molecule has 0 unspecified atom stereocenters. The summed E-state index contributed by atoms with van der Waals surface area (Å²) in [4.78, 5) is 16.3. The Hall–Kier alpha value is -1.38. The summed E-state index contributed by atoms with van der Waals surface area (Å²) in [7, 11) is 0. The molecular weight excluding hydrogens is 293 g/mol. The van der Waals surface area contributed by atoms with E-state index in [0.717, 1.165) is 20.3 Å². The van der Waals surface area contributed by atoms with Crippen molar-refractivity contribution in [3.8, 4) is 10.1 Å². The second-order valence-electron chi connectivity index (χ2n) is 4.02. The van der Waals surface area contributed by atoms with E-state index in [1.165, 1.54) is 5.56 Å². The molecule has 0 atom stereocenters. The van der Waals surface area contributed by atoms with Gasteiger partial charge in [0, 0.05) is 0 Å². The van der Waals surface area contributed by atoms with E-state index in [1.54, 1.807) is 0 Å². The molecule has 18 heavy (non-hydrogen) atoms. The number of aromatic nitrogens is 1. The van der Waals surface area contributed by atoms with Gasteiger partial charge in [0.05, 0.1) is 0 Å². The van der Waals surface area contributed by atoms with Gasteiger partial charge in [0.2, 0.25) is 0 Å². The number of carbonyl (C=O) groups is 1. The fraction of sp³-hybridized carbons (Fsp3) is 0.286. The number of rotatable bonds is 3. The van der Waals surface area contributed by atoms with E-state index in [9.17, 15) is 4.79 Å². The van der Waals surface area contributed by atoms with Gasteiger partial charge in [0.1, 0.15) is 0 Å². The maximum atomic E-state index is 11.8. The molecule has 0 aliphatic carbocycles. The van der Waals surface area contributed by atoms with E-state index < -0.39 is 0 Å². The summed E-state index contributed by atoms with van der Waals surface area (Å²) in [5.74, 6) is -0.221. The molecule has 0 N–H and O–H groups in total. The number of nitrogens with zero attached hydrogens (tertiary/aromatic N) is 1. The Kier molecular flexibility index (Phi) is 4.00. The molecule has 0 bridgehead atoms. The standard InChI is InChI=1S/C14H15NO2Se/c1-4-17-14(16)12-10(3)15-13(18-12)11-7-5-6-9(2)8-11/h5-8H,4H2,1-3H3. The predicted molar refractivity (Wildman–Crippen MR) is 72.0 cm³/mol. The van der Waals surface area contributed by atoms with Crippen LogP contribution in [0.1, 0.15) is 27.4 Å². The Bertz CT molecular complexity index is 575. The zero-order valence-corrected chi connectivity index (χ0v) is 12.4. The van der Waals surface area contributed by atoms with Crippen molar-refractivity contribution in [1.29, 1.82) is 0 Å². The number of hydrogen-bond acceptors (Lipinski definition) is 3. The number of hydrogen-bond donors (Lipinski definition) is 0. The van der Waals surface area contributed by atoms with Gasteiger partial charge in [0.15, 0.2) is 0 Å². The van der Waals surface area contributed by atoms with E-state index in [0.29, 0.717) is 6.61 Å². The molecule has 0 radical (unpaired) electrons. The van der Waals surface area contributed by atoms with Gasteiger partial charge in [-0.1, -0.05) is 0 Å².